The fourth-order valence-corrected chi connectivity index (χ4v) is 0.992. The van der Waals surface area contributed by atoms with Crippen LogP contribution in [0.5, 0.6) is 11.6 Å². The highest BCUT2D eigenvalue weighted by Crippen LogP contribution is 2.42. The molecule has 106 valence electrons. The van der Waals surface area contributed by atoms with Crippen molar-refractivity contribution in [1.29, 1.82) is 0 Å². The molecule has 0 saturated heterocycles. The molecular weight excluding hydrogens is 290 g/mol. The third kappa shape index (κ3) is 3.59. The summed E-state index contributed by atoms with van der Waals surface area (Å²) >= 11 is 0. The molecule has 0 amide bonds. The number of alkyl halides is 6. The summed E-state index contributed by atoms with van der Waals surface area (Å²) in [6, 6.07) is -0.210. The van der Waals surface area contributed by atoms with Gasteiger partial charge < -0.3 is 20.0 Å². The van der Waals surface area contributed by atoms with E-state index in [9.17, 15) is 36.5 Å². The summed E-state index contributed by atoms with van der Waals surface area (Å²) < 4.78 is 75.6. The lowest BCUT2D eigenvalue weighted by molar-refractivity contribution is -0.390. The second-order valence-corrected chi connectivity index (χ2v) is 2.98. The first-order valence-corrected chi connectivity index (χ1v) is 4.13. The predicted molar refractivity (Wildman–Crippen MR) is 44.2 cm³/mol. The maximum absolute atomic E-state index is 12.4. The molecule has 19 heavy (non-hydrogen) atoms. The Labute approximate surface area is 98.9 Å². The van der Waals surface area contributed by atoms with Crippen LogP contribution < -0.4 is 4.74 Å². The molecule has 0 bridgehead atoms. The third-order valence-electron chi connectivity index (χ3n) is 1.65. The molecule has 6 nitrogen and oxygen atoms in total. The lowest BCUT2D eigenvalue weighted by atomic mass is 10.2. The SMILES string of the molecule is O=[N+]([O-])c1cc(C(F)(F)F)c(O)c(OC(F)(F)F)n1. The Morgan fingerprint density at radius 2 is 1.79 bits per heavy atom. The molecule has 0 aliphatic carbocycles. The zero-order valence-electron chi connectivity index (χ0n) is 8.41. The van der Waals surface area contributed by atoms with Gasteiger partial charge in [0.15, 0.2) is 0 Å². The van der Waals surface area contributed by atoms with Gasteiger partial charge >= 0.3 is 24.2 Å². The van der Waals surface area contributed by atoms with Crippen LogP contribution in [0.4, 0.5) is 32.2 Å². The molecule has 0 unspecified atom stereocenters. The number of hydrogen-bond acceptors (Lipinski definition) is 5. The Morgan fingerprint density at radius 1 is 1.26 bits per heavy atom. The quantitative estimate of drug-likeness (QED) is 0.514. The molecule has 0 saturated carbocycles. The smallest absolute Gasteiger partial charge is 0.501 e. The highest BCUT2D eigenvalue weighted by Gasteiger charge is 2.43. The zero-order valence-corrected chi connectivity index (χ0v) is 8.41. The van der Waals surface area contributed by atoms with Gasteiger partial charge in [0.05, 0.1) is 6.07 Å². The Bertz CT molecular complexity index is 512. The van der Waals surface area contributed by atoms with Crippen molar-refractivity contribution in [3.05, 3.63) is 21.7 Å². The van der Waals surface area contributed by atoms with E-state index in [1.807, 2.05) is 0 Å². The van der Waals surface area contributed by atoms with Gasteiger partial charge in [-0.25, -0.2) is 0 Å². The fourth-order valence-electron chi connectivity index (χ4n) is 0.992. The van der Waals surface area contributed by atoms with Crippen LogP contribution in [0.2, 0.25) is 0 Å². The van der Waals surface area contributed by atoms with Gasteiger partial charge in [0, 0.05) is 4.98 Å². The summed E-state index contributed by atoms with van der Waals surface area (Å²) in [7, 11) is 0. The van der Waals surface area contributed by atoms with Crippen LogP contribution in [0.3, 0.4) is 0 Å². The van der Waals surface area contributed by atoms with E-state index in [0.29, 0.717) is 0 Å². The van der Waals surface area contributed by atoms with Crippen LogP contribution in [-0.4, -0.2) is 21.4 Å². The largest absolute Gasteiger partial charge is 0.575 e. The van der Waals surface area contributed by atoms with E-state index in [-0.39, 0.29) is 6.07 Å². The van der Waals surface area contributed by atoms with Crippen LogP contribution in [0.1, 0.15) is 5.56 Å². The molecule has 12 heteroatoms. The van der Waals surface area contributed by atoms with Crippen molar-refractivity contribution in [3.8, 4) is 11.6 Å². The summed E-state index contributed by atoms with van der Waals surface area (Å²) in [6.07, 6.45) is -10.8. The lowest BCUT2D eigenvalue weighted by Crippen LogP contribution is -2.19. The second-order valence-electron chi connectivity index (χ2n) is 2.98. The van der Waals surface area contributed by atoms with Gasteiger partial charge in [-0.2, -0.15) is 13.2 Å². The van der Waals surface area contributed by atoms with Crippen molar-refractivity contribution in [2.45, 2.75) is 12.5 Å². The molecule has 1 aromatic heterocycles. The highest BCUT2D eigenvalue weighted by molar-refractivity contribution is 5.47. The monoisotopic (exact) mass is 292 g/mol. The summed E-state index contributed by atoms with van der Waals surface area (Å²) in [5.74, 6) is -5.49. The van der Waals surface area contributed by atoms with E-state index in [4.69, 9.17) is 5.11 Å². The predicted octanol–water partition coefficient (Wildman–Crippen LogP) is 2.61. The number of nitro groups is 1. The number of ether oxygens (including phenoxy) is 1. The Morgan fingerprint density at radius 3 is 2.16 bits per heavy atom. The van der Waals surface area contributed by atoms with Crippen LogP contribution in [0.25, 0.3) is 0 Å². The van der Waals surface area contributed by atoms with Crippen molar-refractivity contribution in [3.63, 3.8) is 0 Å². The first-order chi connectivity index (χ1) is 8.42. The summed E-state index contributed by atoms with van der Waals surface area (Å²) in [4.78, 5) is 11.3. The van der Waals surface area contributed by atoms with E-state index in [1.165, 1.54) is 0 Å². The third-order valence-corrected chi connectivity index (χ3v) is 1.65. The average Bonchev–Trinajstić information content (AvgIpc) is 2.16. The lowest BCUT2D eigenvalue weighted by Gasteiger charge is -2.11. The molecule has 1 aromatic rings. The topological polar surface area (TPSA) is 85.5 Å². The minimum absolute atomic E-state index is 0.210. The molecule has 0 aliphatic heterocycles. The van der Waals surface area contributed by atoms with Crippen molar-refractivity contribution < 1.29 is 41.1 Å². The van der Waals surface area contributed by atoms with Gasteiger partial charge in [-0.3, -0.25) is 0 Å². The van der Waals surface area contributed by atoms with Gasteiger partial charge in [-0.15, -0.1) is 13.2 Å². The number of aromatic nitrogens is 1. The van der Waals surface area contributed by atoms with Gasteiger partial charge in [-0.05, 0) is 4.92 Å². The number of aromatic hydroxyl groups is 1. The zero-order chi connectivity index (χ0) is 15.0. The number of halogens is 6. The Balaban J connectivity index is 3.46. The van der Waals surface area contributed by atoms with Gasteiger partial charge in [-0.1, -0.05) is 0 Å². The standard InChI is InChI=1S/C7H2F6N2O4/c8-6(9,10)2-1-3(15(17)18)14-5(4(2)16)19-7(11,12)13/h1,16H. The van der Waals surface area contributed by atoms with Crippen molar-refractivity contribution >= 4 is 5.82 Å². The van der Waals surface area contributed by atoms with Gasteiger partial charge in [0.25, 0.3) is 0 Å². The van der Waals surface area contributed by atoms with E-state index in [0.717, 1.165) is 0 Å². The maximum atomic E-state index is 12.4. The summed E-state index contributed by atoms with van der Waals surface area (Å²) in [5, 5.41) is 19.2. The highest BCUT2D eigenvalue weighted by atomic mass is 19.4. The first kappa shape index (κ1) is 14.8. The molecule has 0 radical (unpaired) electrons. The minimum atomic E-state index is -5.47. The number of pyridine rings is 1. The summed E-state index contributed by atoms with van der Waals surface area (Å²) in [5.41, 5.74) is -2.06. The minimum Gasteiger partial charge on any atom is -0.501 e. The Hall–Kier alpha value is -2.27. The fraction of sp³-hybridized carbons (Fsp3) is 0.286. The molecule has 1 rings (SSSR count). The van der Waals surface area contributed by atoms with Crippen molar-refractivity contribution in [2.24, 2.45) is 0 Å². The summed E-state index contributed by atoms with van der Waals surface area (Å²) in [6.45, 7) is 0. The molecule has 1 N–H and O–H groups in total. The molecule has 0 spiro atoms. The first-order valence-electron chi connectivity index (χ1n) is 4.13. The van der Waals surface area contributed by atoms with Crippen molar-refractivity contribution in [1.82, 2.24) is 4.98 Å². The van der Waals surface area contributed by atoms with Crippen LogP contribution in [0, 0.1) is 10.1 Å². The van der Waals surface area contributed by atoms with Crippen molar-refractivity contribution in [2.75, 3.05) is 0 Å². The molecule has 0 atom stereocenters. The van der Waals surface area contributed by atoms with Crippen LogP contribution in [0.15, 0.2) is 6.07 Å². The molecule has 0 aliphatic rings. The second kappa shape index (κ2) is 4.44. The molecule has 0 fully saturated rings. The molecule has 0 aromatic carbocycles. The van der Waals surface area contributed by atoms with E-state index in [1.54, 1.807) is 0 Å². The molecular formula is C7H2F6N2O4. The number of nitrogens with zero attached hydrogens (tertiary/aromatic N) is 2. The van der Waals surface area contributed by atoms with E-state index < -0.39 is 40.5 Å². The number of rotatable bonds is 2. The van der Waals surface area contributed by atoms with E-state index >= 15 is 0 Å². The van der Waals surface area contributed by atoms with E-state index in [2.05, 4.69) is 9.72 Å². The van der Waals surface area contributed by atoms with Crippen LogP contribution >= 0.6 is 0 Å². The Kier molecular flexibility index (Phi) is 3.45. The maximum Gasteiger partial charge on any atom is 0.575 e. The normalized spacial score (nSPS) is 12.3. The average molecular weight is 292 g/mol. The molecule has 1 heterocycles. The van der Waals surface area contributed by atoms with Gasteiger partial charge in [0.2, 0.25) is 5.75 Å². The van der Waals surface area contributed by atoms with Gasteiger partial charge in [0.1, 0.15) is 5.56 Å². The number of hydrogen-bond donors (Lipinski definition) is 1. The van der Waals surface area contributed by atoms with Crippen LogP contribution in [-0.2, 0) is 6.18 Å².